The quantitative estimate of drug-likeness (QED) is 0.649. The summed E-state index contributed by atoms with van der Waals surface area (Å²) in [6, 6.07) is 10.5. The van der Waals surface area contributed by atoms with E-state index in [-0.39, 0.29) is 12.2 Å². The molecule has 0 bridgehead atoms. The van der Waals surface area contributed by atoms with E-state index in [1.54, 1.807) is 25.1 Å². The number of carbonyl (C=O) groups is 2. The van der Waals surface area contributed by atoms with Crippen molar-refractivity contribution in [2.24, 2.45) is 0 Å². The predicted molar refractivity (Wildman–Crippen MR) is 104 cm³/mol. The summed E-state index contributed by atoms with van der Waals surface area (Å²) >= 11 is 0. The van der Waals surface area contributed by atoms with Crippen LogP contribution in [0.15, 0.2) is 42.6 Å². The summed E-state index contributed by atoms with van der Waals surface area (Å²) in [5, 5.41) is 13.3. The van der Waals surface area contributed by atoms with E-state index < -0.39 is 11.9 Å². The Kier molecular flexibility index (Phi) is 5.07. The van der Waals surface area contributed by atoms with Crippen LogP contribution in [0.25, 0.3) is 10.9 Å². The summed E-state index contributed by atoms with van der Waals surface area (Å²) in [6.45, 7) is 5.80. The summed E-state index contributed by atoms with van der Waals surface area (Å²) in [4.78, 5) is 28.2. The molecular formula is C21H20N2O4. The minimum Gasteiger partial charge on any atom is -0.478 e. The van der Waals surface area contributed by atoms with Crippen LogP contribution in [0.1, 0.15) is 38.8 Å². The molecule has 27 heavy (non-hydrogen) atoms. The molecule has 0 saturated carbocycles. The second-order valence-corrected chi connectivity index (χ2v) is 6.20. The predicted octanol–water partition coefficient (Wildman–Crippen LogP) is 4.47. The van der Waals surface area contributed by atoms with Gasteiger partial charge in [0, 0.05) is 17.3 Å². The third kappa shape index (κ3) is 3.60. The van der Waals surface area contributed by atoms with Crippen LogP contribution in [0, 0.1) is 13.8 Å². The first-order chi connectivity index (χ1) is 12.9. The summed E-state index contributed by atoms with van der Waals surface area (Å²) < 4.78 is 5.16. The highest BCUT2D eigenvalue weighted by Crippen LogP contribution is 2.32. The van der Waals surface area contributed by atoms with Crippen LogP contribution in [-0.4, -0.2) is 28.6 Å². The van der Waals surface area contributed by atoms with Crippen LogP contribution in [0.3, 0.4) is 0 Å². The molecule has 2 aromatic carbocycles. The summed E-state index contributed by atoms with van der Waals surface area (Å²) in [7, 11) is 0. The number of benzene rings is 2. The maximum atomic E-state index is 12.4. The number of anilines is 2. The van der Waals surface area contributed by atoms with Gasteiger partial charge in [-0.2, -0.15) is 0 Å². The van der Waals surface area contributed by atoms with Gasteiger partial charge in [0.2, 0.25) is 0 Å². The number of pyridine rings is 1. The minimum absolute atomic E-state index is 0.162. The Balaban J connectivity index is 2.21. The maximum Gasteiger partial charge on any atom is 0.341 e. The number of esters is 1. The number of para-hydroxylation sites is 1. The first-order valence-corrected chi connectivity index (χ1v) is 8.58. The van der Waals surface area contributed by atoms with E-state index >= 15 is 0 Å². The van der Waals surface area contributed by atoms with Crippen LogP contribution < -0.4 is 5.32 Å². The highest BCUT2D eigenvalue weighted by molar-refractivity contribution is 6.06. The van der Waals surface area contributed by atoms with E-state index in [0.717, 1.165) is 22.0 Å². The number of aryl methyl sites for hydroxylation is 2. The molecule has 0 spiro atoms. The fraction of sp³-hybridized carbons (Fsp3) is 0.190. The molecule has 0 fully saturated rings. The molecule has 1 heterocycles. The fourth-order valence-corrected chi connectivity index (χ4v) is 2.89. The third-order valence-corrected chi connectivity index (χ3v) is 4.34. The second-order valence-electron chi connectivity index (χ2n) is 6.20. The van der Waals surface area contributed by atoms with Crippen LogP contribution in [0.5, 0.6) is 0 Å². The third-order valence-electron chi connectivity index (χ3n) is 4.34. The molecule has 0 amide bonds. The SMILES string of the molecule is CCOC(=O)c1cnc2c(C)cccc2c1Nc1cc(C(=O)O)ccc1C. The van der Waals surface area contributed by atoms with Crippen molar-refractivity contribution in [1.82, 2.24) is 4.98 Å². The summed E-state index contributed by atoms with van der Waals surface area (Å²) in [5.41, 5.74) is 4.21. The van der Waals surface area contributed by atoms with Crippen molar-refractivity contribution < 1.29 is 19.4 Å². The van der Waals surface area contributed by atoms with Crippen molar-refractivity contribution in [1.29, 1.82) is 0 Å². The molecule has 6 nitrogen and oxygen atoms in total. The smallest absolute Gasteiger partial charge is 0.341 e. The van der Waals surface area contributed by atoms with E-state index in [1.165, 1.54) is 6.20 Å². The Morgan fingerprint density at radius 1 is 1.15 bits per heavy atom. The zero-order chi connectivity index (χ0) is 19.6. The molecule has 0 atom stereocenters. The maximum absolute atomic E-state index is 12.4. The number of rotatable bonds is 5. The molecule has 0 unspecified atom stereocenters. The van der Waals surface area contributed by atoms with Gasteiger partial charge >= 0.3 is 11.9 Å². The number of nitrogens with one attached hydrogen (secondary N) is 1. The molecule has 2 N–H and O–H groups in total. The normalized spacial score (nSPS) is 10.6. The Hall–Kier alpha value is -3.41. The van der Waals surface area contributed by atoms with Crippen molar-refractivity contribution in [3.05, 3.63) is 64.8 Å². The van der Waals surface area contributed by atoms with Crippen LogP contribution >= 0.6 is 0 Å². The van der Waals surface area contributed by atoms with Crippen molar-refractivity contribution in [2.75, 3.05) is 11.9 Å². The van der Waals surface area contributed by atoms with Gasteiger partial charge in [0.15, 0.2) is 0 Å². The standard InChI is InChI=1S/C21H20N2O4/c1-4-27-21(26)16-11-22-18-13(3)6-5-7-15(18)19(16)23-17-10-14(20(24)25)9-8-12(17)2/h5-11H,4H2,1-3H3,(H,22,23)(H,24,25). The van der Waals surface area contributed by atoms with Gasteiger partial charge < -0.3 is 15.2 Å². The van der Waals surface area contributed by atoms with Gasteiger partial charge in [0.1, 0.15) is 5.56 Å². The van der Waals surface area contributed by atoms with Gasteiger partial charge in [-0.3, -0.25) is 4.98 Å². The zero-order valence-corrected chi connectivity index (χ0v) is 15.4. The van der Waals surface area contributed by atoms with E-state index in [0.29, 0.717) is 16.9 Å². The molecule has 0 radical (unpaired) electrons. The average Bonchev–Trinajstić information content (AvgIpc) is 2.64. The second kappa shape index (κ2) is 7.45. The Morgan fingerprint density at radius 2 is 1.93 bits per heavy atom. The highest BCUT2D eigenvalue weighted by atomic mass is 16.5. The first-order valence-electron chi connectivity index (χ1n) is 8.58. The lowest BCUT2D eigenvalue weighted by Gasteiger charge is -2.16. The van der Waals surface area contributed by atoms with Crippen molar-refractivity contribution in [3.63, 3.8) is 0 Å². The first kappa shape index (κ1) is 18.4. The molecule has 3 rings (SSSR count). The number of hydrogen-bond donors (Lipinski definition) is 2. The van der Waals surface area contributed by atoms with E-state index in [4.69, 9.17) is 4.74 Å². The van der Waals surface area contributed by atoms with Gasteiger partial charge in [-0.05, 0) is 44.0 Å². The molecule has 0 aliphatic carbocycles. The van der Waals surface area contributed by atoms with Gasteiger partial charge in [0.05, 0.1) is 23.4 Å². The Morgan fingerprint density at radius 3 is 2.63 bits per heavy atom. The number of nitrogens with zero attached hydrogens (tertiary/aromatic N) is 1. The average molecular weight is 364 g/mol. The highest BCUT2D eigenvalue weighted by Gasteiger charge is 2.18. The van der Waals surface area contributed by atoms with Gasteiger partial charge in [0.25, 0.3) is 0 Å². The van der Waals surface area contributed by atoms with Crippen molar-refractivity contribution >= 4 is 34.2 Å². The van der Waals surface area contributed by atoms with E-state index in [2.05, 4.69) is 10.3 Å². The van der Waals surface area contributed by atoms with Crippen LogP contribution in [-0.2, 0) is 4.74 Å². The molecule has 0 saturated heterocycles. The minimum atomic E-state index is -1.01. The summed E-state index contributed by atoms with van der Waals surface area (Å²) in [6.07, 6.45) is 1.49. The van der Waals surface area contributed by atoms with Gasteiger partial charge in [-0.1, -0.05) is 24.3 Å². The van der Waals surface area contributed by atoms with Crippen LogP contribution in [0.2, 0.25) is 0 Å². The number of aromatic carboxylic acids is 1. The number of aromatic nitrogens is 1. The van der Waals surface area contributed by atoms with Gasteiger partial charge in [-0.25, -0.2) is 9.59 Å². The molecular weight excluding hydrogens is 344 g/mol. The Bertz CT molecular complexity index is 1040. The number of hydrogen-bond acceptors (Lipinski definition) is 5. The Labute approximate surface area is 156 Å². The molecule has 138 valence electrons. The topological polar surface area (TPSA) is 88.5 Å². The van der Waals surface area contributed by atoms with E-state index in [1.807, 2.05) is 32.0 Å². The van der Waals surface area contributed by atoms with Crippen molar-refractivity contribution in [2.45, 2.75) is 20.8 Å². The van der Waals surface area contributed by atoms with Crippen LogP contribution in [0.4, 0.5) is 11.4 Å². The van der Waals surface area contributed by atoms with E-state index in [9.17, 15) is 14.7 Å². The number of carboxylic acids is 1. The lowest BCUT2D eigenvalue weighted by Crippen LogP contribution is -2.10. The molecule has 6 heteroatoms. The largest absolute Gasteiger partial charge is 0.478 e. The number of carboxylic acid groups (broad SMARTS) is 1. The molecule has 0 aliphatic heterocycles. The molecule has 3 aromatic rings. The lowest BCUT2D eigenvalue weighted by atomic mass is 10.0. The monoisotopic (exact) mass is 364 g/mol. The zero-order valence-electron chi connectivity index (χ0n) is 15.4. The molecule has 1 aromatic heterocycles. The fourth-order valence-electron chi connectivity index (χ4n) is 2.89. The number of fused-ring (bicyclic) bond motifs is 1. The lowest BCUT2D eigenvalue weighted by molar-refractivity contribution is 0.0526. The summed E-state index contributed by atoms with van der Waals surface area (Å²) in [5.74, 6) is -1.50. The van der Waals surface area contributed by atoms with Gasteiger partial charge in [-0.15, -0.1) is 0 Å². The number of carbonyl (C=O) groups excluding carboxylic acids is 1. The molecule has 0 aliphatic rings. The van der Waals surface area contributed by atoms with Crippen molar-refractivity contribution in [3.8, 4) is 0 Å². The number of ether oxygens (including phenoxy) is 1.